The van der Waals surface area contributed by atoms with E-state index in [-0.39, 0.29) is 16.8 Å². The average molecular weight is 259 g/mol. The molecule has 0 spiro atoms. The summed E-state index contributed by atoms with van der Waals surface area (Å²) in [6.45, 7) is 4.43. The van der Waals surface area contributed by atoms with Gasteiger partial charge in [0.2, 0.25) is 5.91 Å². The van der Waals surface area contributed by atoms with Crippen LogP contribution in [-0.4, -0.2) is 25.9 Å². The quantitative estimate of drug-likeness (QED) is 0.285. The van der Waals surface area contributed by atoms with Crippen molar-refractivity contribution in [2.24, 2.45) is 5.84 Å². The molecule has 1 amide bonds. The van der Waals surface area contributed by atoms with Gasteiger partial charge in [0.15, 0.2) is 5.16 Å². The molecule has 96 valence electrons. The second-order valence-corrected chi connectivity index (χ2v) is 4.66. The highest BCUT2D eigenvalue weighted by Crippen LogP contribution is 2.22. The highest BCUT2D eigenvalue weighted by Gasteiger charge is 2.20. The van der Waals surface area contributed by atoms with Gasteiger partial charge < -0.3 is 0 Å². The number of carbonyl (C=O) groups is 1. The van der Waals surface area contributed by atoms with Gasteiger partial charge in [0.05, 0.1) is 5.25 Å². The molecule has 0 radical (unpaired) electrons. The minimum atomic E-state index is -0.342. The first kappa shape index (κ1) is 13.8. The lowest BCUT2D eigenvalue weighted by Crippen LogP contribution is -2.37. The van der Waals surface area contributed by atoms with Gasteiger partial charge in [-0.05, 0) is 12.8 Å². The highest BCUT2D eigenvalue weighted by molar-refractivity contribution is 8.00. The number of aromatic amines is 1. The van der Waals surface area contributed by atoms with Crippen LogP contribution in [-0.2, 0) is 11.3 Å². The number of thioether (sulfide) groups is 1. The minimum Gasteiger partial charge on any atom is -0.293 e. The lowest BCUT2D eigenvalue weighted by Gasteiger charge is -2.11. The number of hydrogen-bond donors (Lipinski definition) is 3. The molecular formula is C9H17N5O2S. The number of rotatable bonds is 6. The topological polar surface area (TPSA) is 106 Å². The zero-order valence-electron chi connectivity index (χ0n) is 9.90. The minimum absolute atomic E-state index is 0.252. The molecule has 17 heavy (non-hydrogen) atoms. The Morgan fingerprint density at radius 2 is 2.35 bits per heavy atom. The molecule has 7 nitrogen and oxygen atoms in total. The van der Waals surface area contributed by atoms with Crippen LogP contribution in [0.25, 0.3) is 0 Å². The highest BCUT2D eigenvalue weighted by atomic mass is 32.2. The third kappa shape index (κ3) is 3.34. The van der Waals surface area contributed by atoms with E-state index in [2.05, 4.69) is 15.6 Å². The summed E-state index contributed by atoms with van der Waals surface area (Å²) < 4.78 is 1.52. The van der Waals surface area contributed by atoms with Gasteiger partial charge in [-0.3, -0.25) is 14.8 Å². The van der Waals surface area contributed by atoms with Gasteiger partial charge in [-0.15, -0.1) is 5.10 Å². The van der Waals surface area contributed by atoms with Gasteiger partial charge >= 0.3 is 5.69 Å². The first-order chi connectivity index (χ1) is 8.13. The average Bonchev–Trinajstić information content (AvgIpc) is 2.67. The fourth-order valence-corrected chi connectivity index (χ4v) is 2.35. The van der Waals surface area contributed by atoms with Crippen LogP contribution < -0.4 is 17.0 Å². The zero-order valence-corrected chi connectivity index (χ0v) is 10.7. The summed E-state index contributed by atoms with van der Waals surface area (Å²) in [5, 5.41) is 6.47. The maximum absolute atomic E-state index is 11.4. The molecule has 1 heterocycles. The van der Waals surface area contributed by atoms with Gasteiger partial charge in [0.25, 0.3) is 0 Å². The van der Waals surface area contributed by atoms with Crippen LogP contribution in [0.2, 0.25) is 0 Å². The number of aromatic nitrogens is 3. The molecule has 1 unspecified atom stereocenters. The molecular weight excluding hydrogens is 242 g/mol. The number of nitrogens with zero attached hydrogens (tertiary/aromatic N) is 2. The van der Waals surface area contributed by atoms with E-state index in [9.17, 15) is 9.59 Å². The van der Waals surface area contributed by atoms with Crippen molar-refractivity contribution in [2.75, 3.05) is 0 Å². The number of nitrogens with one attached hydrogen (secondary N) is 2. The van der Waals surface area contributed by atoms with E-state index < -0.39 is 0 Å². The standard InChI is InChI=1S/C9H17N5O2S/c1-3-5-14-8(16)12-13-9(14)17-6(4-2)7(15)11-10/h6H,3-5,10H2,1-2H3,(H,11,15)(H,12,16). The molecule has 0 saturated heterocycles. The summed E-state index contributed by atoms with van der Waals surface area (Å²) in [6, 6.07) is 0. The number of nitrogens with two attached hydrogens (primary N) is 1. The lowest BCUT2D eigenvalue weighted by molar-refractivity contribution is -0.120. The molecule has 1 rings (SSSR count). The monoisotopic (exact) mass is 259 g/mol. The van der Waals surface area contributed by atoms with Crippen molar-refractivity contribution in [3.8, 4) is 0 Å². The van der Waals surface area contributed by atoms with E-state index in [1.807, 2.05) is 13.8 Å². The Balaban J connectivity index is 2.86. The lowest BCUT2D eigenvalue weighted by atomic mass is 10.3. The molecule has 4 N–H and O–H groups in total. The van der Waals surface area contributed by atoms with E-state index in [0.717, 1.165) is 6.42 Å². The first-order valence-electron chi connectivity index (χ1n) is 5.46. The molecule has 8 heteroatoms. The molecule has 1 atom stereocenters. The number of H-pyrrole nitrogens is 1. The largest absolute Gasteiger partial charge is 0.343 e. The zero-order chi connectivity index (χ0) is 12.8. The summed E-state index contributed by atoms with van der Waals surface area (Å²) in [4.78, 5) is 22.9. The van der Waals surface area contributed by atoms with E-state index in [1.165, 1.54) is 16.3 Å². The van der Waals surface area contributed by atoms with Crippen LogP contribution in [0.1, 0.15) is 26.7 Å². The van der Waals surface area contributed by atoms with Gasteiger partial charge in [-0.25, -0.2) is 15.7 Å². The molecule has 0 bridgehead atoms. The van der Waals surface area contributed by atoms with Gasteiger partial charge in [-0.2, -0.15) is 0 Å². The molecule has 0 aliphatic heterocycles. The summed E-state index contributed by atoms with van der Waals surface area (Å²) >= 11 is 1.24. The number of amides is 1. The Morgan fingerprint density at radius 3 is 2.88 bits per heavy atom. The van der Waals surface area contributed by atoms with Crippen LogP contribution >= 0.6 is 11.8 Å². The molecule has 1 aromatic heterocycles. The smallest absolute Gasteiger partial charge is 0.293 e. The van der Waals surface area contributed by atoms with Crippen molar-refractivity contribution >= 4 is 17.7 Å². The van der Waals surface area contributed by atoms with Crippen LogP contribution in [0.15, 0.2) is 9.95 Å². The Hall–Kier alpha value is -1.28. The number of carbonyl (C=O) groups excluding carboxylic acids is 1. The molecule has 0 saturated carbocycles. The van der Waals surface area contributed by atoms with Gasteiger partial charge in [-0.1, -0.05) is 25.6 Å². The Labute approximate surface area is 103 Å². The third-order valence-electron chi connectivity index (χ3n) is 2.22. The van der Waals surface area contributed by atoms with E-state index in [1.54, 1.807) is 0 Å². The second-order valence-electron chi connectivity index (χ2n) is 3.49. The van der Waals surface area contributed by atoms with Crippen molar-refractivity contribution < 1.29 is 4.79 Å². The van der Waals surface area contributed by atoms with Crippen molar-refractivity contribution in [2.45, 2.75) is 43.6 Å². The Kier molecular flexibility index (Phi) is 5.23. The molecule has 1 aromatic rings. The predicted molar refractivity (Wildman–Crippen MR) is 65.4 cm³/mol. The predicted octanol–water partition coefficient (Wildman–Crippen LogP) is -0.158. The maximum Gasteiger partial charge on any atom is 0.343 e. The number of hydrogen-bond acceptors (Lipinski definition) is 5. The first-order valence-corrected chi connectivity index (χ1v) is 6.34. The van der Waals surface area contributed by atoms with Crippen LogP contribution in [0, 0.1) is 0 Å². The maximum atomic E-state index is 11.4. The Morgan fingerprint density at radius 1 is 1.65 bits per heavy atom. The van der Waals surface area contributed by atoms with Crippen molar-refractivity contribution in [3.63, 3.8) is 0 Å². The number of hydrazine groups is 1. The van der Waals surface area contributed by atoms with E-state index in [4.69, 9.17) is 5.84 Å². The molecule has 0 aliphatic carbocycles. The summed E-state index contributed by atoms with van der Waals surface area (Å²) in [7, 11) is 0. The van der Waals surface area contributed by atoms with Crippen molar-refractivity contribution in [1.82, 2.24) is 20.2 Å². The fourth-order valence-electron chi connectivity index (χ4n) is 1.36. The van der Waals surface area contributed by atoms with Crippen LogP contribution in [0.5, 0.6) is 0 Å². The fraction of sp³-hybridized carbons (Fsp3) is 0.667. The normalized spacial score (nSPS) is 12.4. The third-order valence-corrected chi connectivity index (χ3v) is 3.58. The Bertz CT molecular complexity index is 427. The van der Waals surface area contributed by atoms with Crippen molar-refractivity contribution in [3.05, 3.63) is 10.5 Å². The summed E-state index contributed by atoms with van der Waals surface area (Å²) in [6.07, 6.45) is 1.44. The second kappa shape index (κ2) is 6.45. The molecule has 0 fully saturated rings. The summed E-state index contributed by atoms with van der Waals surface area (Å²) in [5.74, 6) is 4.83. The van der Waals surface area contributed by atoms with Crippen LogP contribution in [0.3, 0.4) is 0 Å². The molecule has 0 aliphatic rings. The van der Waals surface area contributed by atoms with E-state index in [0.29, 0.717) is 18.1 Å². The summed E-state index contributed by atoms with van der Waals surface area (Å²) in [5.41, 5.74) is 1.86. The SMILES string of the molecule is CCCn1c(SC(CC)C(=O)NN)n[nH]c1=O. The van der Waals surface area contributed by atoms with Crippen LogP contribution in [0.4, 0.5) is 0 Å². The molecule has 0 aromatic carbocycles. The van der Waals surface area contributed by atoms with Gasteiger partial charge in [0.1, 0.15) is 0 Å². The van der Waals surface area contributed by atoms with E-state index >= 15 is 0 Å². The van der Waals surface area contributed by atoms with Gasteiger partial charge in [0, 0.05) is 6.54 Å². The van der Waals surface area contributed by atoms with Crippen molar-refractivity contribution in [1.29, 1.82) is 0 Å².